The van der Waals surface area contributed by atoms with Gasteiger partial charge in [0.2, 0.25) is 5.95 Å². The highest BCUT2D eigenvalue weighted by Crippen LogP contribution is 2.24. The van der Waals surface area contributed by atoms with Crippen LogP contribution < -0.4 is 11.1 Å². The van der Waals surface area contributed by atoms with Crippen LogP contribution in [0.4, 0.5) is 17.5 Å². The minimum absolute atomic E-state index is 0.180. The third-order valence-electron chi connectivity index (χ3n) is 3.91. The van der Waals surface area contributed by atoms with E-state index in [0.717, 1.165) is 11.4 Å². The second kappa shape index (κ2) is 5.82. The molecule has 0 fully saturated rings. The summed E-state index contributed by atoms with van der Waals surface area (Å²) in [7, 11) is 1.89. The molecule has 0 saturated heterocycles. The molecule has 0 radical (unpaired) electrons. The van der Waals surface area contributed by atoms with Crippen molar-refractivity contribution in [1.29, 1.82) is 0 Å². The van der Waals surface area contributed by atoms with Crippen LogP contribution in [0.25, 0.3) is 22.6 Å². The van der Waals surface area contributed by atoms with Crippen molar-refractivity contribution in [2.75, 3.05) is 11.1 Å². The maximum Gasteiger partial charge on any atom is 0.224 e. The molecule has 0 atom stereocenters. The summed E-state index contributed by atoms with van der Waals surface area (Å²) in [4.78, 5) is 21.8. The van der Waals surface area contributed by atoms with Crippen LogP contribution in [0.15, 0.2) is 42.7 Å². The summed E-state index contributed by atoms with van der Waals surface area (Å²) in [6.07, 6.45) is 3.41. The molecule has 0 unspecified atom stereocenters. The Morgan fingerprint density at radius 2 is 1.72 bits per heavy atom. The highest BCUT2D eigenvalue weighted by molar-refractivity contribution is 5.86. The van der Waals surface area contributed by atoms with Gasteiger partial charge in [-0.3, -0.25) is 0 Å². The van der Waals surface area contributed by atoms with E-state index >= 15 is 0 Å². The van der Waals surface area contributed by atoms with Gasteiger partial charge in [-0.15, -0.1) is 0 Å². The van der Waals surface area contributed by atoms with E-state index in [2.05, 4.69) is 30.2 Å². The molecule has 3 aromatic heterocycles. The van der Waals surface area contributed by atoms with E-state index in [0.29, 0.717) is 28.5 Å². The number of imidazole rings is 1. The molecule has 124 valence electrons. The monoisotopic (exact) mass is 332 g/mol. The second-order valence-corrected chi connectivity index (χ2v) is 5.61. The Morgan fingerprint density at radius 1 is 1.00 bits per heavy atom. The van der Waals surface area contributed by atoms with Crippen molar-refractivity contribution in [3.05, 3.63) is 48.5 Å². The van der Waals surface area contributed by atoms with Crippen LogP contribution in [0.1, 0.15) is 5.82 Å². The van der Waals surface area contributed by atoms with E-state index in [1.54, 1.807) is 12.4 Å². The largest absolute Gasteiger partial charge is 0.368 e. The molecule has 3 N–H and O–H groups in total. The van der Waals surface area contributed by atoms with Gasteiger partial charge in [-0.2, -0.15) is 9.97 Å². The van der Waals surface area contributed by atoms with Crippen molar-refractivity contribution >= 4 is 28.6 Å². The van der Waals surface area contributed by atoms with Crippen LogP contribution in [0, 0.1) is 6.92 Å². The van der Waals surface area contributed by atoms with Gasteiger partial charge in [-0.1, -0.05) is 30.3 Å². The number of hydrogen-bond donors (Lipinski definition) is 2. The number of aryl methyl sites for hydroxylation is 2. The number of nitrogens with zero attached hydrogens (tertiary/aromatic N) is 6. The molecule has 0 aliphatic rings. The molecular formula is C17H16N8. The molecule has 0 aliphatic heterocycles. The minimum Gasteiger partial charge on any atom is -0.368 e. The predicted molar refractivity (Wildman–Crippen MR) is 96.2 cm³/mol. The number of benzene rings is 1. The third-order valence-corrected chi connectivity index (χ3v) is 3.91. The summed E-state index contributed by atoms with van der Waals surface area (Å²) in [6, 6.07) is 9.80. The zero-order valence-corrected chi connectivity index (χ0v) is 13.8. The number of rotatable bonds is 3. The number of nitrogen functional groups attached to an aromatic ring is 1. The number of nitrogens with one attached hydrogen (secondary N) is 1. The minimum atomic E-state index is 0.180. The number of fused-ring (bicyclic) bond motifs is 1. The first-order valence-electron chi connectivity index (χ1n) is 7.73. The number of anilines is 3. The van der Waals surface area contributed by atoms with E-state index < -0.39 is 0 Å². The van der Waals surface area contributed by atoms with Crippen molar-refractivity contribution in [1.82, 2.24) is 29.5 Å². The van der Waals surface area contributed by atoms with E-state index in [4.69, 9.17) is 5.73 Å². The van der Waals surface area contributed by atoms with Crippen LogP contribution in [-0.2, 0) is 7.05 Å². The Kier molecular flexibility index (Phi) is 3.50. The molecule has 8 nitrogen and oxygen atoms in total. The van der Waals surface area contributed by atoms with Crippen LogP contribution in [0.2, 0.25) is 0 Å². The summed E-state index contributed by atoms with van der Waals surface area (Å²) >= 11 is 0. The first-order valence-corrected chi connectivity index (χ1v) is 7.73. The van der Waals surface area contributed by atoms with Gasteiger partial charge in [-0.05, 0) is 6.92 Å². The van der Waals surface area contributed by atoms with Crippen LogP contribution >= 0.6 is 0 Å². The topological polar surface area (TPSA) is 107 Å². The number of nitrogens with two attached hydrogens (primary N) is 1. The molecule has 0 bridgehead atoms. The highest BCUT2D eigenvalue weighted by Gasteiger charge is 2.13. The van der Waals surface area contributed by atoms with Crippen LogP contribution in [-0.4, -0.2) is 29.5 Å². The Balaban J connectivity index is 1.69. The van der Waals surface area contributed by atoms with Gasteiger partial charge in [0, 0.05) is 12.6 Å². The van der Waals surface area contributed by atoms with Crippen molar-refractivity contribution in [3.8, 4) is 11.4 Å². The van der Waals surface area contributed by atoms with Crippen LogP contribution in [0.5, 0.6) is 0 Å². The summed E-state index contributed by atoms with van der Waals surface area (Å²) in [5, 5.41) is 3.18. The Labute approximate surface area is 143 Å². The zero-order chi connectivity index (χ0) is 17.4. The first-order chi connectivity index (χ1) is 12.1. The second-order valence-electron chi connectivity index (χ2n) is 5.61. The molecule has 4 aromatic rings. The Bertz CT molecular complexity index is 1040. The smallest absolute Gasteiger partial charge is 0.224 e. The summed E-state index contributed by atoms with van der Waals surface area (Å²) in [6.45, 7) is 1.90. The van der Waals surface area contributed by atoms with Crippen molar-refractivity contribution in [2.24, 2.45) is 7.05 Å². The van der Waals surface area contributed by atoms with Crippen molar-refractivity contribution in [2.45, 2.75) is 6.92 Å². The Hall–Kier alpha value is -3.55. The lowest BCUT2D eigenvalue weighted by Crippen LogP contribution is -2.03. The predicted octanol–water partition coefficient (Wildman–Crippen LogP) is 2.45. The Morgan fingerprint density at radius 3 is 2.44 bits per heavy atom. The molecule has 1 aromatic carbocycles. The van der Waals surface area contributed by atoms with Crippen molar-refractivity contribution < 1.29 is 0 Å². The quantitative estimate of drug-likeness (QED) is 0.593. The van der Waals surface area contributed by atoms with Gasteiger partial charge in [0.05, 0.1) is 18.1 Å². The van der Waals surface area contributed by atoms with E-state index in [1.165, 1.54) is 0 Å². The number of hydrogen-bond acceptors (Lipinski definition) is 7. The summed E-state index contributed by atoms with van der Waals surface area (Å²) in [5.74, 6) is 2.20. The fourth-order valence-corrected chi connectivity index (χ4v) is 2.54. The highest BCUT2D eigenvalue weighted by atomic mass is 15.2. The van der Waals surface area contributed by atoms with Gasteiger partial charge >= 0.3 is 0 Å². The average molecular weight is 332 g/mol. The van der Waals surface area contributed by atoms with E-state index in [1.807, 2.05) is 48.9 Å². The lowest BCUT2D eigenvalue weighted by atomic mass is 10.2. The average Bonchev–Trinajstić information content (AvgIpc) is 2.92. The first kappa shape index (κ1) is 15.0. The van der Waals surface area contributed by atoms with Gasteiger partial charge < -0.3 is 15.6 Å². The standard InChI is InChI=1S/C17H16N8/c1-10-21-13-15(23-17(18)24-16(13)25(10)2)22-12-8-19-14(20-9-12)11-6-4-3-5-7-11/h3-9H,1-2H3,(H3,18,22,23,24). The fraction of sp³-hybridized carbons (Fsp3) is 0.118. The molecular weight excluding hydrogens is 316 g/mol. The van der Waals surface area contributed by atoms with Gasteiger partial charge in [0.25, 0.3) is 0 Å². The summed E-state index contributed by atoms with van der Waals surface area (Å²) < 4.78 is 1.87. The molecule has 25 heavy (non-hydrogen) atoms. The van der Waals surface area contributed by atoms with Gasteiger partial charge in [-0.25, -0.2) is 15.0 Å². The fourth-order valence-electron chi connectivity index (χ4n) is 2.54. The zero-order valence-electron chi connectivity index (χ0n) is 13.8. The van der Waals surface area contributed by atoms with E-state index in [9.17, 15) is 0 Å². The summed E-state index contributed by atoms with van der Waals surface area (Å²) in [5.41, 5.74) is 8.81. The molecule has 0 amide bonds. The SMILES string of the molecule is Cc1nc2c(Nc3cnc(-c4ccccc4)nc3)nc(N)nc2n1C. The molecule has 0 aliphatic carbocycles. The lowest BCUT2D eigenvalue weighted by molar-refractivity contribution is 0.874. The lowest BCUT2D eigenvalue weighted by Gasteiger charge is -2.07. The normalized spacial score (nSPS) is 11.0. The molecule has 3 heterocycles. The van der Waals surface area contributed by atoms with Crippen LogP contribution in [0.3, 0.4) is 0 Å². The molecule has 4 rings (SSSR count). The number of aromatic nitrogens is 6. The molecule has 0 spiro atoms. The van der Waals surface area contributed by atoms with Crippen molar-refractivity contribution in [3.63, 3.8) is 0 Å². The third kappa shape index (κ3) is 2.74. The maximum atomic E-state index is 5.82. The van der Waals surface area contributed by atoms with Gasteiger partial charge in [0.1, 0.15) is 5.82 Å². The molecule has 8 heteroatoms. The van der Waals surface area contributed by atoms with E-state index in [-0.39, 0.29) is 5.95 Å². The maximum absolute atomic E-state index is 5.82. The molecule has 0 saturated carbocycles. The van der Waals surface area contributed by atoms with Gasteiger partial charge in [0.15, 0.2) is 22.8 Å².